The molecule has 2 amide bonds. The lowest BCUT2D eigenvalue weighted by Gasteiger charge is -2.20. The van der Waals surface area contributed by atoms with E-state index in [-0.39, 0.29) is 41.4 Å². The molecule has 0 aliphatic carbocycles. The van der Waals surface area contributed by atoms with Gasteiger partial charge in [0.15, 0.2) is 11.5 Å². The number of amides is 2. The largest absolute Gasteiger partial charge is 0.493 e. The summed E-state index contributed by atoms with van der Waals surface area (Å²) in [5, 5.41) is 0.250. The number of nitrogens with zero attached hydrogens (tertiary/aromatic N) is 3. The molecule has 2 heterocycles. The highest BCUT2D eigenvalue weighted by molar-refractivity contribution is 6.19. The third-order valence-electron chi connectivity index (χ3n) is 5.49. The van der Waals surface area contributed by atoms with Gasteiger partial charge in [-0.25, -0.2) is 4.98 Å². The number of anilines is 2. The highest BCUT2D eigenvalue weighted by Crippen LogP contribution is 2.41. The first-order chi connectivity index (χ1) is 15.9. The lowest BCUT2D eigenvalue weighted by Crippen LogP contribution is -2.28. The third-order valence-corrected chi connectivity index (χ3v) is 5.49. The number of hydrogen-bond acceptors (Lipinski definition) is 8. The molecule has 0 bridgehead atoms. The molecule has 0 radical (unpaired) electrons. The van der Waals surface area contributed by atoms with Crippen molar-refractivity contribution < 1.29 is 23.8 Å². The molecule has 3 aromatic rings. The quantitative estimate of drug-likeness (QED) is 0.543. The zero-order valence-corrected chi connectivity index (χ0v) is 18.8. The van der Waals surface area contributed by atoms with Crippen LogP contribution in [0.2, 0.25) is 0 Å². The molecule has 0 saturated carbocycles. The zero-order valence-electron chi connectivity index (χ0n) is 18.8. The lowest BCUT2D eigenvalue weighted by atomic mass is 10.1. The molecule has 1 N–H and O–H groups in total. The van der Waals surface area contributed by atoms with E-state index in [2.05, 4.69) is 9.97 Å². The Balaban J connectivity index is 1.69. The Morgan fingerprint density at radius 2 is 1.70 bits per heavy atom. The second-order valence-electron chi connectivity index (χ2n) is 7.58. The minimum absolute atomic E-state index is 0.204. The van der Waals surface area contributed by atoms with Crippen LogP contribution in [0.5, 0.6) is 17.2 Å². The van der Waals surface area contributed by atoms with Crippen molar-refractivity contribution in [1.29, 1.82) is 0 Å². The molecule has 172 valence electrons. The second-order valence-corrected chi connectivity index (χ2v) is 7.58. The fourth-order valence-corrected chi connectivity index (χ4v) is 3.94. The minimum Gasteiger partial charge on any atom is -0.493 e. The van der Waals surface area contributed by atoms with Crippen molar-refractivity contribution in [3.8, 4) is 17.2 Å². The van der Waals surface area contributed by atoms with Gasteiger partial charge in [-0.15, -0.1) is 0 Å². The van der Waals surface area contributed by atoms with E-state index in [1.807, 2.05) is 6.07 Å². The summed E-state index contributed by atoms with van der Waals surface area (Å²) in [6.45, 7) is 0.378. The van der Waals surface area contributed by atoms with Gasteiger partial charge in [-0.3, -0.25) is 24.3 Å². The normalized spacial score (nSPS) is 13.5. The smallest absolute Gasteiger partial charge is 0.264 e. The molecule has 0 spiro atoms. The van der Waals surface area contributed by atoms with Crippen LogP contribution in [0.15, 0.2) is 35.1 Å². The van der Waals surface area contributed by atoms with Crippen LogP contribution in [0.4, 0.5) is 11.6 Å². The van der Waals surface area contributed by atoms with Crippen molar-refractivity contribution in [2.24, 2.45) is 0 Å². The van der Waals surface area contributed by atoms with Gasteiger partial charge in [-0.1, -0.05) is 12.1 Å². The van der Waals surface area contributed by atoms with Crippen LogP contribution in [0.25, 0.3) is 10.9 Å². The number of ether oxygens (including phenoxy) is 3. The van der Waals surface area contributed by atoms with E-state index in [1.54, 1.807) is 36.2 Å². The Bertz CT molecular complexity index is 1290. The fourth-order valence-electron chi connectivity index (χ4n) is 3.94. The standard InChI is InChI=1S/C23H24N4O6/c1-26(12-13-6-5-7-14(10-13)27-17(28)8-9-18(27)29)23-24-15-11-16(31-2)20(32-3)21(33-4)19(15)22(30)25-23/h5-7,10-11H,8-9,12H2,1-4H3,(H,24,25,30). The van der Waals surface area contributed by atoms with Crippen LogP contribution in [0.1, 0.15) is 18.4 Å². The lowest BCUT2D eigenvalue weighted by molar-refractivity contribution is -0.121. The summed E-state index contributed by atoms with van der Waals surface area (Å²) < 4.78 is 16.1. The highest BCUT2D eigenvalue weighted by Gasteiger charge is 2.30. The molecule has 1 aliphatic heterocycles. The predicted octanol–water partition coefficient (Wildman–Crippen LogP) is 2.24. The van der Waals surface area contributed by atoms with Gasteiger partial charge in [0.1, 0.15) is 5.39 Å². The molecule has 2 aromatic carbocycles. The Morgan fingerprint density at radius 1 is 1.00 bits per heavy atom. The van der Waals surface area contributed by atoms with Crippen molar-refractivity contribution in [1.82, 2.24) is 9.97 Å². The van der Waals surface area contributed by atoms with Gasteiger partial charge >= 0.3 is 0 Å². The van der Waals surface area contributed by atoms with Crippen LogP contribution >= 0.6 is 0 Å². The molecule has 1 aromatic heterocycles. The maximum Gasteiger partial charge on any atom is 0.264 e. The van der Waals surface area contributed by atoms with Crippen LogP contribution in [0, 0.1) is 0 Å². The number of aromatic nitrogens is 2. The summed E-state index contributed by atoms with van der Waals surface area (Å²) in [6.07, 6.45) is 0.450. The molecule has 1 fully saturated rings. The number of imide groups is 1. The van der Waals surface area contributed by atoms with Crippen LogP contribution in [0.3, 0.4) is 0 Å². The number of carbonyl (C=O) groups excluding carboxylic acids is 2. The van der Waals surface area contributed by atoms with Crippen LogP contribution < -0.4 is 29.6 Å². The summed E-state index contributed by atoms with van der Waals surface area (Å²) in [7, 11) is 6.18. The van der Waals surface area contributed by atoms with Crippen molar-refractivity contribution in [2.45, 2.75) is 19.4 Å². The van der Waals surface area contributed by atoms with E-state index >= 15 is 0 Å². The minimum atomic E-state index is -0.387. The van der Waals surface area contributed by atoms with E-state index in [9.17, 15) is 14.4 Å². The molecule has 1 aliphatic rings. The van der Waals surface area contributed by atoms with Gasteiger partial charge in [0, 0.05) is 32.5 Å². The molecule has 10 heteroatoms. The number of H-pyrrole nitrogens is 1. The number of hydrogen-bond donors (Lipinski definition) is 1. The molecular formula is C23H24N4O6. The number of nitrogens with one attached hydrogen (secondary N) is 1. The average molecular weight is 452 g/mol. The van der Waals surface area contributed by atoms with Gasteiger partial charge in [-0.2, -0.15) is 0 Å². The molecule has 0 unspecified atom stereocenters. The number of methoxy groups -OCH3 is 3. The van der Waals surface area contributed by atoms with Gasteiger partial charge < -0.3 is 19.1 Å². The van der Waals surface area contributed by atoms with Crippen molar-refractivity contribution in [3.63, 3.8) is 0 Å². The van der Waals surface area contributed by atoms with Crippen molar-refractivity contribution in [3.05, 3.63) is 46.2 Å². The Kier molecular flexibility index (Phi) is 5.91. The second kappa shape index (κ2) is 8.81. The summed E-state index contributed by atoms with van der Waals surface area (Å²) in [5.74, 6) is 0.863. The van der Waals surface area contributed by atoms with Crippen LogP contribution in [-0.4, -0.2) is 50.2 Å². The maximum absolute atomic E-state index is 12.9. The number of rotatable bonds is 7. The first-order valence-corrected chi connectivity index (χ1v) is 10.3. The van der Waals surface area contributed by atoms with E-state index in [0.717, 1.165) is 5.56 Å². The first kappa shape index (κ1) is 22.1. The van der Waals surface area contributed by atoms with Crippen LogP contribution in [-0.2, 0) is 16.1 Å². The Labute approximate surface area is 189 Å². The van der Waals surface area contributed by atoms with E-state index in [1.165, 1.54) is 26.2 Å². The first-order valence-electron chi connectivity index (χ1n) is 10.3. The third kappa shape index (κ3) is 3.95. The SMILES string of the molecule is COc1cc2nc(N(C)Cc3cccc(N4C(=O)CCC4=O)c3)[nH]c(=O)c2c(OC)c1OC. The summed E-state index contributed by atoms with van der Waals surface area (Å²) in [6, 6.07) is 8.80. The molecule has 33 heavy (non-hydrogen) atoms. The van der Waals surface area contributed by atoms with Gasteiger partial charge in [-0.05, 0) is 17.7 Å². The highest BCUT2D eigenvalue weighted by atomic mass is 16.5. The van der Waals surface area contributed by atoms with Gasteiger partial charge in [0.25, 0.3) is 5.56 Å². The number of carbonyl (C=O) groups is 2. The Morgan fingerprint density at radius 3 is 2.33 bits per heavy atom. The molecule has 4 rings (SSSR count). The number of fused-ring (bicyclic) bond motifs is 1. The van der Waals surface area contributed by atoms with E-state index in [4.69, 9.17) is 14.2 Å². The number of benzene rings is 2. The zero-order chi connectivity index (χ0) is 23.7. The molecule has 0 atom stereocenters. The molecular weight excluding hydrogens is 428 g/mol. The monoisotopic (exact) mass is 452 g/mol. The fraction of sp³-hybridized carbons (Fsp3) is 0.304. The molecule has 10 nitrogen and oxygen atoms in total. The van der Waals surface area contributed by atoms with E-state index < -0.39 is 0 Å². The average Bonchev–Trinajstić information content (AvgIpc) is 3.15. The van der Waals surface area contributed by atoms with Gasteiger partial charge in [0.05, 0.1) is 32.5 Å². The summed E-state index contributed by atoms with van der Waals surface area (Å²) in [5.41, 5.74) is 1.38. The summed E-state index contributed by atoms with van der Waals surface area (Å²) in [4.78, 5) is 47.4. The molecule has 1 saturated heterocycles. The maximum atomic E-state index is 12.9. The van der Waals surface area contributed by atoms with Crippen molar-refractivity contribution in [2.75, 3.05) is 38.2 Å². The number of aromatic amines is 1. The topological polar surface area (TPSA) is 114 Å². The van der Waals surface area contributed by atoms with Crippen molar-refractivity contribution >= 4 is 34.4 Å². The van der Waals surface area contributed by atoms with Gasteiger partial charge in [0.2, 0.25) is 23.5 Å². The summed E-state index contributed by atoms with van der Waals surface area (Å²) >= 11 is 0. The Hall–Kier alpha value is -4.08. The predicted molar refractivity (Wildman–Crippen MR) is 122 cm³/mol. The van der Waals surface area contributed by atoms with E-state index in [0.29, 0.717) is 35.2 Å².